The van der Waals surface area contributed by atoms with Gasteiger partial charge in [0.15, 0.2) is 0 Å². The third-order valence-corrected chi connectivity index (χ3v) is 3.46. The van der Waals surface area contributed by atoms with Gasteiger partial charge in [0.25, 0.3) is 0 Å². The third-order valence-electron chi connectivity index (χ3n) is 3.46. The summed E-state index contributed by atoms with van der Waals surface area (Å²) in [5.41, 5.74) is 2.28. The zero-order chi connectivity index (χ0) is 14.7. The Hall–Kier alpha value is -2.68. The van der Waals surface area contributed by atoms with Crippen molar-refractivity contribution in [3.05, 3.63) is 77.6 Å². The Labute approximate surface area is 123 Å². The summed E-state index contributed by atoms with van der Waals surface area (Å²) < 4.78 is 5.40. The third kappa shape index (κ3) is 2.77. The number of benzene rings is 2. The molecule has 0 amide bonds. The van der Waals surface area contributed by atoms with Crippen molar-refractivity contribution in [3.63, 3.8) is 0 Å². The summed E-state index contributed by atoms with van der Waals surface area (Å²) in [4.78, 5) is 16.4. The molecule has 104 valence electrons. The Morgan fingerprint density at radius 2 is 1.81 bits per heavy atom. The number of hydrogen-bond donors (Lipinski definition) is 0. The molecule has 1 heterocycles. The van der Waals surface area contributed by atoms with Crippen LogP contribution in [-0.2, 0) is 11.3 Å². The zero-order valence-electron chi connectivity index (χ0n) is 11.7. The number of pyridine rings is 1. The van der Waals surface area contributed by atoms with Crippen molar-refractivity contribution in [1.82, 2.24) is 4.98 Å². The molecule has 3 aromatic rings. The first kappa shape index (κ1) is 13.3. The minimum absolute atomic E-state index is 0.175. The van der Waals surface area contributed by atoms with Crippen molar-refractivity contribution in [2.45, 2.75) is 13.5 Å². The van der Waals surface area contributed by atoms with E-state index in [-0.39, 0.29) is 12.6 Å². The SMILES string of the molecule is Cc1ccccc1C(=O)OCc1nccc2ccccc12. The number of aromatic nitrogens is 1. The van der Waals surface area contributed by atoms with E-state index in [4.69, 9.17) is 4.74 Å². The van der Waals surface area contributed by atoms with Gasteiger partial charge in [0.2, 0.25) is 0 Å². The molecular formula is C18H15NO2. The number of carbonyl (C=O) groups is 1. The second-order valence-electron chi connectivity index (χ2n) is 4.87. The Kier molecular flexibility index (Phi) is 3.65. The molecule has 0 unspecified atom stereocenters. The lowest BCUT2D eigenvalue weighted by molar-refractivity contribution is 0.0469. The Balaban J connectivity index is 1.81. The highest BCUT2D eigenvalue weighted by Gasteiger charge is 2.11. The minimum Gasteiger partial charge on any atom is -0.456 e. The molecule has 0 fully saturated rings. The predicted molar refractivity (Wildman–Crippen MR) is 82.0 cm³/mol. The van der Waals surface area contributed by atoms with Gasteiger partial charge in [-0.3, -0.25) is 4.98 Å². The van der Waals surface area contributed by atoms with E-state index in [1.807, 2.05) is 55.5 Å². The Bertz CT molecular complexity index is 791. The first-order valence-electron chi connectivity index (χ1n) is 6.81. The maximum absolute atomic E-state index is 12.1. The Morgan fingerprint density at radius 3 is 2.67 bits per heavy atom. The summed E-state index contributed by atoms with van der Waals surface area (Å²) >= 11 is 0. The number of nitrogens with zero attached hydrogens (tertiary/aromatic N) is 1. The highest BCUT2D eigenvalue weighted by Crippen LogP contribution is 2.18. The second kappa shape index (κ2) is 5.75. The highest BCUT2D eigenvalue weighted by atomic mass is 16.5. The molecule has 3 heteroatoms. The topological polar surface area (TPSA) is 39.2 Å². The van der Waals surface area contributed by atoms with Crippen molar-refractivity contribution < 1.29 is 9.53 Å². The maximum Gasteiger partial charge on any atom is 0.338 e. The van der Waals surface area contributed by atoms with Crippen LogP contribution in [0.4, 0.5) is 0 Å². The fraction of sp³-hybridized carbons (Fsp3) is 0.111. The molecule has 0 saturated carbocycles. The van der Waals surface area contributed by atoms with Crippen LogP contribution in [0.3, 0.4) is 0 Å². The summed E-state index contributed by atoms with van der Waals surface area (Å²) in [6, 6.07) is 17.3. The number of fused-ring (bicyclic) bond motifs is 1. The summed E-state index contributed by atoms with van der Waals surface area (Å²) in [6.45, 7) is 2.07. The van der Waals surface area contributed by atoms with Crippen molar-refractivity contribution in [2.24, 2.45) is 0 Å². The number of hydrogen-bond acceptors (Lipinski definition) is 3. The van der Waals surface area contributed by atoms with Gasteiger partial charge in [-0.15, -0.1) is 0 Å². The van der Waals surface area contributed by atoms with E-state index in [0.29, 0.717) is 5.56 Å². The van der Waals surface area contributed by atoms with Crippen LogP contribution in [0.2, 0.25) is 0 Å². The molecule has 21 heavy (non-hydrogen) atoms. The lowest BCUT2D eigenvalue weighted by atomic mass is 10.1. The van der Waals surface area contributed by atoms with Gasteiger partial charge >= 0.3 is 5.97 Å². The van der Waals surface area contributed by atoms with E-state index in [0.717, 1.165) is 22.0 Å². The minimum atomic E-state index is -0.317. The van der Waals surface area contributed by atoms with Gasteiger partial charge in [-0.05, 0) is 30.0 Å². The van der Waals surface area contributed by atoms with Crippen molar-refractivity contribution in [1.29, 1.82) is 0 Å². The van der Waals surface area contributed by atoms with Gasteiger partial charge in [0.05, 0.1) is 11.3 Å². The van der Waals surface area contributed by atoms with E-state index in [9.17, 15) is 4.79 Å². The quantitative estimate of drug-likeness (QED) is 0.681. The lowest BCUT2D eigenvalue weighted by Crippen LogP contribution is -2.08. The fourth-order valence-corrected chi connectivity index (χ4v) is 2.31. The van der Waals surface area contributed by atoms with Gasteiger partial charge < -0.3 is 4.74 Å². The molecular weight excluding hydrogens is 262 g/mol. The average Bonchev–Trinajstić information content (AvgIpc) is 2.53. The normalized spacial score (nSPS) is 10.5. The van der Waals surface area contributed by atoms with Gasteiger partial charge in [-0.1, -0.05) is 42.5 Å². The highest BCUT2D eigenvalue weighted by molar-refractivity contribution is 5.91. The number of esters is 1. The molecule has 0 aliphatic heterocycles. The van der Waals surface area contributed by atoms with E-state index in [1.54, 1.807) is 12.3 Å². The molecule has 0 aliphatic rings. The van der Waals surface area contributed by atoms with Crippen molar-refractivity contribution >= 4 is 16.7 Å². The van der Waals surface area contributed by atoms with Crippen molar-refractivity contribution in [3.8, 4) is 0 Å². The summed E-state index contributed by atoms with van der Waals surface area (Å²) in [7, 11) is 0. The molecule has 3 nitrogen and oxygen atoms in total. The van der Waals surface area contributed by atoms with Crippen LogP contribution in [0.5, 0.6) is 0 Å². The maximum atomic E-state index is 12.1. The molecule has 0 radical (unpaired) electrons. The van der Waals surface area contributed by atoms with Crippen molar-refractivity contribution in [2.75, 3.05) is 0 Å². The Morgan fingerprint density at radius 1 is 1.05 bits per heavy atom. The zero-order valence-corrected chi connectivity index (χ0v) is 11.7. The van der Waals surface area contributed by atoms with Gasteiger partial charge in [0.1, 0.15) is 6.61 Å². The smallest absolute Gasteiger partial charge is 0.338 e. The van der Waals surface area contributed by atoms with Crippen LogP contribution in [0.1, 0.15) is 21.6 Å². The number of carbonyl (C=O) groups excluding carboxylic acids is 1. The van der Waals surface area contributed by atoms with Gasteiger partial charge in [0, 0.05) is 11.6 Å². The number of aryl methyl sites for hydroxylation is 1. The largest absolute Gasteiger partial charge is 0.456 e. The first-order valence-corrected chi connectivity index (χ1v) is 6.81. The van der Waals surface area contributed by atoms with E-state index in [1.165, 1.54) is 0 Å². The molecule has 0 N–H and O–H groups in total. The summed E-state index contributed by atoms with van der Waals surface area (Å²) in [5.74, 6) is -0.317. The molecule has 0 saturated heterocycles. The average molecular weight is 277 g/mol. The van der Waals surface area contributed by atoms with Crippen LogP contribution >= 0.6 is 0 Å². The molecule has 0 spiro atoms. The van der Waals surface area contributed by atoms with E-state index >= 15 is 0 Å². The van der Waals surface area contributed by atoms with Crippen LogP contribution < -0.4 is 0 Å². The molecule has 0 atom stereocenters. The van der Waals surface area contributed by atoms with Crippen LogP contribution in [-0.4, -0.2) is 11.0 Å². The molecule has 0 bridgehead atoms. The summed E-state index contributed by atoms with van der Waals surface area (Å²) in [6.07, 6.45) is 1.74. The number of rotatable bonds is 3. The monoisotopic (exact) mass is 277 g/mol. The number of ether oxygens (including phenoxy) is 1. The molecule has 3 rings (SSSR count). The van der Waals surface area contributed by atoms with E-state index < -0.39 is 0 Å². The standard InChI is InChI=1S/C18H15NO2/c1-13-6-2-4-8-15(13)18(20)21-12-17-16-9-5-3-7-14(16)10-11-19-17/h2-11H,12H2,1H3. The van der Waals surface area contributed by atoms with Crippen LogP contribution in [0, 0.1) is 6.92 Å². The fourth-order valence-electron chi connectivity index (χ4n) is 2.31. The van der Waals surface area contributed by atoms with Crippen LogP contribution in [0.15, 0.2) is 60.8 Å². The van der Waals surface area contributed by atoms with E-state index in [2.05, 4.69) is 4.98 Å². The molecule has 2 aromatic carbocycles. The lowest BCUT2D eigenvalue weighted by Gasteiger charge is -2.08. The predicted octanol–water partition coefficient (Wildman–Crippen LogP) is 3.90. The van der Waals surface area contributed by atoms with Gasteiger partial charge in [-0.25, -0.2) is 4.79 Å². The van der Waals surface area contributed by atoms with Gasteiger partial charge in [-0.2, -0.15) is 0 Å². The first-order chi connectivity index (χ1) is 10.3. The van der Waals surface area contributed by atoms with Crippen LogP contribution in [0.25, 0.3) is 10.8 Å². The second-order valence-corrected chi connectivity index (χ2v) is 4.87. The molecule has 0 aliphatic carbocycles. The molecule has 1 aromatic heterocycles. The summed E-state index contributed by atoms with van der Waals surface area (Å²) in [5, 5.41) is 2.10.